The van der Waals surface area contributed by atoms with Crippen LogP contribution in [0.4, 0.5) is 24.5 Å². The molecule has 0 aliphatic carbocycles. The average molecular weight is 389 g/mol. The number of benzene rings is 2. The molecule has 0 spiro atoms. The van der Waals surface area contributed by atoms with E-state index in [4.69, 9.17) is 11.6 Å². The molecule has 2 aromatic heterocycles. The van der Waals surface area contributed by atoms with Crippen molar-refractivity contribution in [3.05, 3.63) is 77.7 Å². The van der Waals surface area contributed by atoms with Gasteiger partial charge < -0.3 is 5.32 Å². The number of fused-ring (bicyclic) bond motifs is 1. The quantitative estimate of drug-likeness (QED) is 0.481. The van der Waals surface area contributed by atoms with Gasteiger partial charge in [-0.25, -0.2) is 0 Å². The summed E-state index contributed by atoms with van der Waals surface area (Å²) in [4.78, 5) is 0. The van der Waals surface area contributed by atoms with Crippen LogP contribution in [-0.4, -0.2) is 14.6 Å². The minimum absolute atomic E-state index is 0.145. The van der Waals surface area contributed by atoms with E-state index in [1.165, 1.54) is 12.3 Å². The summed E-state index contributed by atoms with van der Waals surface area (Å²) >= 11 is 5.87. The van der Waals surface area contributed by atoms with Crippen LogP contribution in [0.1, 0.15) is 5.82 Å². The van der Waals surface area contributed by atoms with Crippen LogP contribution in [-0.2, 0) is 6.18 Å². The first-order valence-corrected chi connectivity index (χ1v) is 8.33. The number of alkyl halides is 3. The lowest BCUT2D eigenvalue weighted by Crippen LogP contribution is -2.10. The van der Waals surface area contributed by atoms with Crippen molar-refractivity contribution in [2.45, 2.75) is 6.18 Å². The molecule has 0 saturated carbocycles. The van der Waals surface area contributed by atoms with Crippen LogP contribution in [0.15, 0.2) is 66.9 Å². The number of rotatable bonds is 3. The van der Waals surface area contributed by atoms with E-state index in [2.05, 4.69) is 15.5 Å². The molecule has 4 rings (SSSR count). The summed E-state index contributed by atoms with van der Waals surface area (Å²) in [6, 6.07) is 17.9. The van der Waals surface area contributed by atoms with Crippen LogP contribution in [0.3, 0.4) is 0 Å². The Kier molecular flexibility index (Phi) is 4.24. The minimum atomic E-state index is -4.57. The van der Waals surface area contributed by atoms with Gasteiger partial charge in [-0.1, -0.05) is 23.7 Å². The number of pyridine rings is 1. The summed E-state index contributed by atoms with van der Waals surface area (Å²) in [5.41, 5.74) is 3.29. The van der Waals surface area contributed by atoms with Crippen molar-refractivity contribution in [2.24, 2.45) is 0 Å². The molecule has 0 atom stereocenters. The third-order valence-corrected chi connectivity index (χ3v) is 4.26. The fraction of sp³-hybridized carbons (Fsp3) is 0.0526. The predicted molar refractivity (Wildman–Crippen MR) is 98.2 cm³/mol. The highest BCUT2D eigenvalue weighted by molar-refractivity contribution is 6.30. The lowest BCUT2D eigenvalue weighted by Gasteiger charge is -2.09. The van der Waals surface area contributed by atoms with Gasteiger partial charge in [0, 0.05) is 22.6 Å². The Hall–Kier alpha value is -3.06. The molecule has 2 heterocycles. The van der Waals surface area contributed by atoms with Crippen LogP contribution in [0, 0.1) is 0 Å². The van der Waals surface area contributed by atoms with Crippen molar-refractivity contribution >= 4 is 28.6 Å². The van der Waals surface area contributed by atoms with Crippen molar-refractivity contribution < 1.29 is 13.2 Å². The molecule has 0 unspecified atom stereocenters. The molecule has 0 amide bonds. The molecule has 2 aromatic carbocycles. The molecule has 0 fully saturated rings. The highest BCUT2D eigenvalue weighted by Gasteiger charge is 2.36. The summed E-state index contributed by atoms with van der Waals surface area (Å²) in [5, 5.41) is 10.7. The van der Waals surface area contributed by atoms with E-state index in [9.17, 15) is 13.2 Å². The monoisotopic (exact) mass is 388 g/mol. The highest BCUT2D eigenvalue weighted by Crippen LogP contribution is 2.30. The highest BCUT2D eigenvalue weighted by atomic mass is 35.5. The third kappa shape index (κ3) is 3.59. The maximum Gasteiger partial charge on any atom is 0.452 e. The normalized spacial score (nSPS) is 11.7. The standard InChI is InChI=1S/C19H12ClF3N4/c20-14-4-8-16(9-5-14)24-15-6-1-12(2-7-15)13-3-10-17-25-26-18(19(21,22)23)27(17)11-13/h1-11,24H. The molecular formula is C19H12ClF3N4. The number of nitrogens with zero attached hydrogens (tertiary/aromatic N) is 3. The molecule has 4 aromatic rings. The first-order chi connectivity index (χ1) is 12.9. The number of anilines is 2. The Balaban J connectivity index is 1.62. The van der Waals surface area contributed by atoms with E-state index >= 15 is 0 Å². The Bertz CT molecular complexity index is 1090. The van der Waals surface area contributed by atoms with Gasteiger partial charge in [0.2, 0.25) is 5.82 Å². The van der Waals surface area contributed by atoms with Gasteiger partial charge in [0.1, 0.15) is 0 Å². The molecule has 0 aliphatic heterocycles. The summed E-state index contributed by atoms with van der Waals surface area (Å²) in [7, 11) is 0. The fourth-order valence-corrected chi connectivity index (χ4v) is 2.83. The molecule has 136 valence electrons. The van der Waals surface area contributed by atoms with E-state index in [0.29, 0.717) is 10.6 Å². The number of hydrogen-bond acceptors (Lipinski definition) is 3. The Morgan fingerprint density at radius 2 is 1.37 bits per heavy atom. The molecule has 0 saturated heterocycles. The van der Waals surface area contributed by atoms with Crippen molar-refractivity contribution in [1.29, 1.82) is 0 Å². The van der Waals surface area contributed by atoms with Crippen LogP contribution < -0.4 is 5.32 Å². The fourth-order valence-electron chi connectivity index (χ4n) is 2.70. The molecule has 1 N–H and O–H groups in total. The Morgan fingerprint density at radius 3 is 2.00 bits per heavy atom. The molecule has 8 heteroatoms. The van der Waals surface area contributed by atoms with E-state index in [1.54, 1.807) is 18.2 Å². The Labute approximate surface area is 157 Å². The second-order valence-corrected chi connectivity index (χ2v) is 6.31. The first kappa shape index (κ1) is 17.4. The number of nitrogens with one attached hydrogen (secondary N) is 1. The van der Waals surface area contributed by atoms with Crippen LogP contribution in [0.2, 0.25) is 5.02 Å². The van der Waals surface area contributed by atoms with Gasteiger partial charge in [0.15, 0.2) is 5.65 Å². The smallest absolute Gasteiger partial charge is 0.356 e. The molecular weight excluding hydrogens is 377 g/mol. The first-order valence-electron chi connectivity index (χ1n) is 7.95. The SMILES string of the molecule is FC(F)(F)c1nnc2ccc(-c3ccc(Nc4ccc(Cl)cc4)cc3)cn12. The maximum absolute atomic E-state index is 13.0. The molecule has 4 nitrogen and oxygen atoms in total. The van der Waals surface area contributed by atoms with E-state index in [0.717, 1.165) is 21.3 Å². The van der Waals surface area contributed by atoms with Crippen LogP contribution in [0.5, 0.6) is 0 Å². The number of aromatic nitrogens is 3. The van der Waals surface area contributed by atoms with Gasteiger partial charge in [-0.3, -0.25) is 4.40 Å². The topological polar surface area (TPSA) is 42.2 Å². The summed E-state index contributed by atoms with van der Waals surface area (Å²) in [6.45, 7) is 0. The molecule has 0 bridgehead atoms. The summed E-state index contributed by atoms with van der Waals surface area (Å²) in [5.74, 6) is -1.04. The van der Waals surface area contributed by atoms with Gasteiger partial charge in [0.05, 0.1) is 0 Å². The van der Waals surface area contributed by atoms with Crippen molar-refractivity contribution in [3.8, 4) is 11.1 Å². The van der Waals surface area contributed by atoms with Crippen LogP contribution >= 0.6 is 11.6 Å². The average Bonchev–Trinajstić information content (AvgIpc) is 3.08. The zero-order chi connectivity index (χ0) is 19.0. The van der Waals surface area contributed by atoms with Gasteiger partial charge in [-0.15, -0.1) is 10.2 Å². The number of halogens is 4. The maximum atomic E-state index is 13.0. The molecule has 27 heavy (non-hydrogen) atoms. The molecule has 0 radical (unpaired) electrons. The van der Waals surface area contributed by atoms with Gasteiger partial charge in [0.25, 0.3) is 0 Å². The van der Waals surface area contributed by atoms with E-state index in [-0.39, 0.29) is 5.65 Å². The summed E-state index contributed by atoms with van der Waals surface area (Å²) in [6.07, 6.45) is -3.18. The third-order valence-electron chi connectivity index (χ3n) is 4.01. The lowest BCUT2D eigenvalue weighted by atomic mass is 10.1. The second-order valence-electron chi connectivity index (χ2n) is 5.88. The second kappa shape index (κ2) is 6.59. The zero-order valence-electron chi connectivity index (χ0n) is 13.7. The number of hydrogen-bond donors (Lipinski definition) is 1. The van der Waals surface area contributed by atoms with Crippen molar-refractivity contribution in [2.75, 3.05) is 5.32 Å². The Morgan fingerprint density at radius 1 is 0.778 bits per heavy atom. The molecule has 0 aliphatic rings. The van der Waals surface area contributed by atoms with Crippen molar-refractivity contribution in [3.63, 3.8) is 0 Å². The van der Waals surface area contributed by atoms with E-state index in [1.807, 2.05) is 36.4 Å². The lowest BCUT2D eigenvalue weighted by molar-refractivity contribution is -0.145. The van der Waals surface area contributed by atoms with Gasteiger partial charge in [-0.2, -0.15) is 13.2 Å². The van der Waals surface area contributed by atoms with Gasteiger partial charge >= 0.3 is 6.18 Å². The predicted octanol–water partition coefficient (Wildman–Crippen LogP) is 5.81. The largest absolute Gasteiger partial charge is 0.452 e. The van der Waals surface area contributed by atoms with Crippen molar-refractivity contribution in [1.82, 2.24) is 14.6 Å². The van der Waals surface area contributed by atoms with E-state index < -0.39 is 12.0 Å². The minimum Gasteiger partial charge on any atom is -0.356 e. The van der Waals surface area contributed by atoms with Gasteiger partial charge in [-0.05, 0) is 59.7 Å². The van der Waals surface area contributed by atoms with Crippen LogP contribution in [0.25, 0.3) is 16.8 Å². The zero-order valence-corrected chi connectivity index (χ0v) is 14.5. The summed E-state index contributed by atoms with van der Waals surface area (Å²) < 4.78 is 40.0.